The Kier molecular flexibility index (Phi) is 3.90. The van der Waals surface area contributed by atoms with Crippen LogP contribution in [0.4, 0.5) is 0 Å². The maximum atomic E-state index is 9.63. The van der Waals surface area contributed by atoms with Crippen LogP contribution in [0.2, 0.25) is 0 Å². The van der Waals surface area contributed by atoms with Crippen molar-refractivity contribution in [2.24, 2.45) is 0 Å². The lowest BCUT2D eigenvalue weighted by molar-refractivity contribution is -0.919. The van der Waals surface area contributed by atoms with Crippen LogP contribution in [0.5, 0.6) is 5.75 Å². The summed E-state index contributed by atoms with van der Waals surface area (Å²) in [6, 6.07) is 12.7. The molecule has 1 aliphatic heterocycles. The molecule has 3 nitrogen and oxygen atoms in total. The minimum Gasteiger partial charge on any atom is -0.496 e. The van der Waals surface area contributed by atoms with Crippen molar-refractivity contribution < 1.29 is 14.7 Å². The normalized spacial score (nSPS) is 22.9. The second kappa shape index (κ2) is 5.81. The maximum Gasteiger partial charge on any atom is 0.128 e. The van der Waals surface area contributed by atoms with E-state index in [2.05, 4.69) is 36.4 Å². The number of piperidine rings is 1. The van der Waals surface area contributed by atoms with Crippen molar-refractivity contribution in [3.05, 3.63) is 42.0 Å². The van der Waals surface area contributed by atoms with E-state index in [0.717, 1.165) is 38.2 Å². The number of benzene rings is 2. The second-order valence-electron chi connectivity index (χ2n) is 5.63. The molecule has 1 saturated heterocycles. The van der Waals surface area contributed by atoms with Crippen molar-refractivity contribution in [2.45, 2.75) is 25.5 Å². The van der Waals surface area contributed by atoms with Gasteiger partial charge in [0, 0.05) is 12.8 Å². The van der Waals surface area contributed by atoms with E-state index in [0.29, 0.717) is 0 Å². The van der Waals surface area contributed by atoms with Crippen LogP contribution in [0, 0.1) is 0 Å². The van der Waals surface area contributed by atoms with Crippen molar-refractivity contribution >= 4 is 10.8 Å². The Hall–Kier alpha value is -1.58. The predicted octanol–water partition coefficient (Wildman–Crippen LogP) is 1.39. The van der Waals surface area contributed by atoms with E-state index in [-0.39, 0.29) is 6.10 Å². The number of quaternary nitrogens is 1. The van der Waals surface area contributed by atoms with Crippen LogP contribution in [-0.4, -0.2) is 31.4 Å². The predicted molar refractivity (Wildman–Crippen MR) is 80.1 cm³/mol. The summed E-state index contributed by atoms with van der Waals surface area (Å²) in [7, 11) is 1.74. The van der Waals surface area contributed by atoms with Gasteiger partial charge in [-0.15, -0.1) is 0 Å². The average Bonchev–Trinajstić information content (AvgIpc) is 2.50. The molecule has 1 aliphatic rings. The van der Waals surface area contributed by atoms with Gasteiger partial charge in [-0.25, -0.2) is 0 Å². The Morgan fingerprint density at radius 3 is 2.65 bits per heavy atom. The summed E-state index contributed by atoms with van der Waals surface area (Å²) in [6.45, 7) is 3.04. The summed E-state index contributed by atoms with van der Waals surface area (Å²) in [5.41, 5.74) is 1.29. The minimum absolute atomic E-state index is 0.104. The van der Waals surface area contributed by atoms with E-state index < -0.39 is 0 Å². The van der Waals surface area contributed by atoms with E-state index in [1.165, 1.54) is 21.2 Å². The molecule has 0 atom stereocenters. The molecule has 2 aromatic carbocycles. The van der Waals surface area contributed by atoms with Gasteiger partial charge < -0.3 is 14.7 Å². The topological polar surface area (TPSA) is 33.9 Å². The summed E-state index contributed by atoms with van der Waals surface area (Å²) in [5, 5.41) is 12.2. The van der Waals surface area contributed by atoms with Gasteiger partial charge >= 0.3 is 0 Å². The van der Waals surface area contributed by atoms with Gasteiger partial charge in [0.25, 0.3) is 0 Å². The van der Waals surface area contributed by atoms with Crippen LogP contribution in [0.3, 0.4) is 0 Å². The van der Waals surface area contributed by atoms with Crippen molar-refractivity contribution in [3.8, 4) is 5.75 Å². The number of aliphatic hydroxyl groups is 1. The third kappa shape index (κ3) is 2.65. The van der Waals surface area contributed by atoms with E-state index in [4.69, 9.17) is 4.74 Å². The highest BCUT2D eigenvalue weighted by Gasteiger charge is 2.22. The first-order valence-corrected chi connectivity index (χ1v) is 7.34. The summed E-state index contributed by atoms with van der Waals surface area (Å²) >= 11 is 0. The molecular weight excluding hydrogens is 250 g/mol. The van der Waals surface area contributed by atoms with Crippen LogP contribution in [0.1, 0.15) is 18.4 Å². The van der Waals surface area contributed by atoms with Crippen LogP contribution >= 0.6 is 0 Å². The zero-order valence-corrected chi connectivity index (χ0v) is 11.9. The summed E-state index contributed by atoms with van der Waals surface area (Å²) < 4.78 is 5.55. The van der Waals surface area contributed by atoms with E-state index in [1.807, 2.05) is 0 Å². The molecule has 1 fully saturated rings. The van der Waals surface area contributed by atoms with Gasteiger partial charge in [0.2, 0.25) is 0 Å². The molecule has 0 bridgehead atoms. The van der Waals surface area contributed by atoms with Gasteiger partial charge in [-0.3, -0.25) is 0 Å². The average molecular weight is 272 g/mol. The lowest BCUT2D eigenvalue weighted by Crippen LogP contribution is -3.12. The number of hydrogen-bond acceptors (Lipinski definition) is 2. The number of rotatable bonds is 3. The van der Waals surface area contributed by atoms with Gasteiger partial charge in [-0.05, 0) is 16.8 Å². The highest BCUT2D eigenvalue weighted by Crippen LogP contribution is 2.27. The minimum atomic E-state index is -0.104. The number of fused-ring (bicyclic) bond motifs is 1. The van der Waals surface area contributed by atoms with Crippen molar-refractivity contribution in [2.75, 3.05) is 20.2 Å². The Balaban J connectivity index is 1.92. The number of aliphatic hydroxyl groups excluding tert-OH is 1. The Labute approximate surface area is 119 Å². The van der Waals surface area contributed by atoms with E-state index in [1.54, 1.807) is 7.11 Å². The molecule has 0 radical (unpaired) electrons. The Bertz CT molecular complexity index is 589. The third-order valence-electron chi connectivity index (χ3n) is 4.31. The summed E-state index contributed by atoms with van der Waals surface area (Å²) in [5.74, 6) is 0.974. The zero-order chi connectivity index (χ0) is 13.9. The standard InChI is InChI=1S/C17H21NO2/c1-20-17-7-6-13-4-2-3-5-15(13)16(17)12-18-10-8-14(19)9-11-18/h2-7,14,19H,8-12H2,1H3/p+1. The molecule has 3 heteroatoms. The molecular formula is C17H22NO2+. The SMILES string of the molecule is COc1ccc2ccccc2c1C[NH+]1CCC(O)CC1. The van der Waals surface area contributed by atoms with Gasteiger partial charge in [-0.2, -0.15) is 0 Å². The van der Waals surface area contributed by atoms with Crippen LogP contribution < -0.4 is 9.64 Å². The molecule has 106 valence electrons. The number of hydrogen-bond donors (Lipinski definition) is 2. The smallest absolute Gasteiger partial charge is 0.128 e. The maximum absolute atomic E-state index is 9.63. The number of methoxy groups -OCH3 is 1. The first-order chi connectivity index (χ1) is 9.78. The summed E-state index contributed by atoms with van der Waals surface area (Å²) in [6.07, 6.45) is 1.71. The van der Waals surface area contributed by atoms with Crippen molar-refractivity contribution in [1.29, 1.82) is 0 Å². The third-order valence-corrected chi connectivity index (χ3v) is 4.31. The fourth-order valence-electron chi connectivity index (χ4n) is 3.13. The zero-order valence-electron chi connectivity index (χ0n) is 11.9. The van der Waals surface area contributed by atoms with E-state index >= 15 is 0 Å². The largest absolute Gasteiger partial charge is 0.496 e. The van der Waals surface area contributed by atoms with Gasteiger partial charge in [0.05, 0.1) is 31.9 Å². The Morgan fingerprint density at radius 2 is 1.90 bits per heavy atom. The Morgan fingerprint density at radius 1 is 1.15 bits per heavy atom. The first kappa shape index (κ1) is 13.4. The highest BCUT2D eigenvalue weighted by atomic mass is 16.5. The molecule has 0 unspecified atom stereocenters. The molecule has 2 N–H and O–H groups in total. The van der Waals surface area contributed by atoms with Crippen molar-refractivity contribution in [1.82, 2.24) is 0 Å². The van der Waals surface area contributed by atoms with E-state index in [9.17, 15) is 5.11 Å². The lowest BCUT2D eigenvalue weighted by Gasteiger charge is -2.27. The van der Waals surface area contributed by atoms with Crippen LogP contribution in [0.25, 0.3) is 10.8 Å². The van der Waals surface area contributed by atoms with Crippen molar-refractivity contribution in [3.63, 3.8) is 0 Å². The monoisotopic (exact) mass is 272 g/mol. The molecule has 0 aliphatic carbocycles. The molecule has 20 heavy (non-hydrogen) atoms. The second-order valence-corrected chi connectivity index (χ2v) is 5.63. The molecule has 0 aromatic heterocycles. The van der Waals surface area contributed by atoms with Crippen LogP contribution in [-0.2, 0) is 6.54 Å². The number of nitrogens with one attached hydrogen (secondary N) is 1. The summed E-state index contributed by atoms with van der Waals surface area (Å²) in [4.78, 5) is 1.53. The highest BCUT2D eigenvalue weighted by molar-refractivity contribution is 5.87. The fourth-order valence-corrected chi connectivity index (χ4v) is 3.13. The number of ether oxygens (including phenoxy) is 1. The van der Waals surface area contributed by atoms with Crippen LogP contribution in [0.15, 0.2) is 36.4 Å². The molecule has 1 heterocycles. The fraction of sp³-hybridized carbons (Fsp3) is 0.412. The molecule has 3 rings (SSSR count). The first-order valence-electron chi connectivity index (χ1n) is 7.34. The van der Waals surface area contributed by atoms with Gasteiger partial charge in [0.15, 0.2) is 0 Å². The molecule has 2 aromatic rings. The molecule has 0 spiro atoms. The molecule has 0 amide bonds. The number of likely N-dealkylation sites (tertiary alicyclic amines) is 1. The lowest BCUT2D eigenvalue weighted by atomic mass is 10.0. The molecule has 0 saturated carbocycles. The quantitative estimate of drug-likeness (QED) is 0.885. The van der Waals surface area contributed by atoms with Gasteiger partial charge in [-0.1, -0.05) is 30.3 Å². The van der Waals surface area contributed by atoms with Gasteiger partial charge in [0.1, 0.15) is 12.3 Å².